The lowest BCUT2D eigenvalue weighted by Gasteiger charge is -2.17. The van der Waals surface area contributed by atoms with Gasteiger partial charge in [0.2, 0.25) is 0 Å². The fourth-order valence-electron chi connectivity index (χ4n) is 2.30. The Kier molecular flexibility index (Phi) is 4.00. The first kappa shape index (κ1) is 12.1. The predicted octanol–water partition coefficient (Wildman–Crippen LogP) is 3.19. The molecule has 0 radical (unpaired) electrons. The smallest absolute Gasteiger partial charge is 0.0700 e. The normalized spacial score (nSPS) is 22.6. The van der Waals surface area contributed by atoms with E-state index in [0.717, 1.165) is 13.2 Å². The molecule has 1 fully saturated rings. The van der Waals surface area contributed by atoms with Crippen LogP contribution in [0.3, 0.4) is 0 Å². The summed E-state index contributed by atoms with van der Waals surface area (Å²) in [6.07, 6.45) is 2.86. The minimum atomic E-state index is 0.433. The lowest BCUT2D eigenvalue weighted by atomic mass is 10.1. The van der Waals surface area contributed by atoms with E-state index in [9.17, 15) is 0 Å². The first-order valence-corrected chi connectivity index (χ1v) is 6.90. The molecular weight excluding hydrogens is 218 g/mol. The number of rotatable bonds is 4. The van der Waals surface area contributed by atoms with Gasteiger partial charge >= 0.3 is 0 Å². The van der Waals surface area contributed by atoms with E-state index in [-0.39, 0.29) is 0 Å². The number of nitrogens with one attached hydrogen (secondary N) is 1. The summed E-state index contributed by atoms with van der Waals surface area (Å²) in [6, 6.07) is 2.74. The van der Waals surface area contributed by atoms with Gasteiger partial charge in [-0.2, -0.15) is 0 Å². The molecule has 2 heterocycles. The molecule has 2 rings (SSSR count). The summed E-state index contributed by atoms with van der Waals surface area (Å²) in [5.41, 5.74) is 1.44. The number of aryl methyl sites for hydroxylation is 2. The average molecular weight is 239 g/mol. The van der Waals surface area contributed by atoms with Crippen LogP contribution in [0.1, 0.15) is 41.1 Å². The molecule has 0 aliphatic carbocycles. The second-order valence-electron chi connectivity index (χ2n) is 4.63. The van der Waals surface area contributed by atoms with Gasteiger partial charge in [0.05, 0.1) is 6.10 Å². The molecule has 3 heteroatoms. The summed E-state index contributed by atoms with van der Waals surface area (Å²) in [5, 5.41) is 3.58. The Bertz CT molecular complexity index is 342. The summed E-state index contributed by atoms with van der Waals surface area (Å²) >= 11 is 1.88. The Morgan fingerprint density at radius 3 is 2.94 bits per heavy atom. The lowest BCUT2D eigenvalue weighted by molar-refractivity contribution is 0.108. The fraction of sp³-hybridized carbons (Fsp3) is 0.692. The van der Waals surface area contributed by atoms with Crippen molar-refractivity contribution in [2.75, 3.05) is 13.2 Å². The van der Waals surface area contributed by atoms with E-state index in [1.54, 1.807) is 0 Å². The van der Waals surface area contributed by atoms with Crippen molar-refractivity contribution in [2.24, 2.45) is 0 Å². The monoisotopic (exact) mass is 239 g/mol. The highest BCUT2D eigenvalue weighted by Gasteiger charge is 2.17. The Morgan fingerprint density at radius 2 is 2.38 bits per heavy atom. The molecule has 2 nitrogen and oxygen atoms in total. The minimum absolute atomic E-state index is 0.433. The average Bonchev–Trinajstić information content (AvgIpc) is 2.84. The van der Waals surface area contributed by atoms with Gasteiger partial charge in [-0.25, -0.2) is 0 Å². The second kappa shape index (κ2) is 5.30. The van der Waals surface area contributed by atoms with Crippen LogP contribution in [0.5, 0.6) is 0 Å². The second-order valence-corrected chi connectivity index (χ2v) is 6.09. The molecule has 0 spiro atoms. The van der Waals surface area contributed by atoms with Crippen molar-refractivity contribution in [3.05, 3.63) is 21.4 Å². The Morgan fingerprint density at radius 1 is 1.56 bits per heavy atom. The van der Waals surface area contributed by atoms with Crippen molar-refractivity contribution in [3.63, 3.8) is 0 Å². The molecule has 1 aliphatic heterocycles. The van der Waals surface area contributed by atoms with Gasteiger partial charge in [-0.05, 0) is 45.2 Å². The molecule has 16 heavy (non-hydrogen) atoms. The molecule has 2 unspecified atom stereocenters. The highest BCUT2D eigenvalue weighted by molar-refractivity contribution is 7.12. The van der Waals surface area contributed by atoms with Crippen LogP contribution in [0.25, 0.3) is 0 Å². The lowest BCUT2D eigenvalue weighted by Crippen LogP contribution is -2.28. The van der Waals surface area contributed by atoms with Gasteiger partial charge in [0.1, 0.15) is 0 Å². The number of thiophene rings is 1. The molecule has 1 N–H and O–H groups in total. The zero-order valence-corrected chi connectivity index (χ0v) is 11.2. The van der Waals surface area contributed by atoms with Gasteiger partial charge in [-0.3, -0.25) is 0 Å². The highest BCUT2D eigenvalue weighted by Crippen LogP contribution is 2.26. The largest absolute Gasteiger partial charge is 0.377 e. The molecule has 0 bridgehead atoms. The third-order valence-electron chi connectivity index (χ3n) is 3.22. The van der Waals surface area contributed by atoms with E-state index in [4.69, 9.17) is 4.74 Å². The highest BCUT2D eigenvalue weighted by atomic mass is 32.1. The van der Waals surface area contributed by atoms with Gasteiger partial charge in [-0.15, -0.1) is 11.3 Å². The van der Waals surface area contributed by atoms with Crippen LogP contribution in [-0.2, 0) is 4.74 Å². The number of hydrogen-bond acceptors (Lipinski definition) is 3. The number of ether oxygens (including phenoxy) is 1. The minimum Gasteiger partial charge on any atom is -0.377 e. The van der Waals surface area contributed by atoms with Gasteiger partial charge < -0.3 is 10.1 Å². The van der Waals surface area contributed by atoms with Crippen molar-refractivity contribution in [1.82, 2.24) is 5.32 Å². The van der Waals surface area contributed by atoms with Gasteiger partial charge in [0, 0.05) is 28.9 Å². The fourth-order valence-corrected chi connectivity index (χ4v) is 3.33. The molecule has 0 saturated carbocycles. The Hall–Kier alpha value is -0.380. The predicted molar refractivity (Wildman–Crippen MR) is 69.2 cm³/mol. The Labute approximate surface area is 102 Å². The van der Waals surface area contributed by atoms with Crippen LogP contribution in [0.4, 0.5) is 0 Å². The van der Waals surface area contributed by atoms with E-state index >= 15 is 0 Å². The molecule has 1 aromatic rings. The molecule has 0 amide bonds. The maximum absolute atomic E-state index is 5.61. The summed E-state index contributed by atoms with van der Waals surface area (Å²) in [5.74, 6) is 0. The van der Waals surface area contributed by atoms with Crippen molar-refractivity contribution in [1.29, 1.82) is 0 Å². The van der Waals surface area contributed by atoms with E-state index in [1.165, 1.54) is 28.2 Å². The van der Waals surface area contributed by atoms with Crippen molar-refractivity contribution >= 4 is 11.3 Å². The van der Waals surface area contributed by atoms with Crippen LogP contribution in [0.15, 0.2) is 6.07 Å². The van der Waals surface area contributed by atoms with E-state index in [2.05, 4.69) is 32.2 Å². The SMILES string of the molecule is Cc1cc(C(C)NCC2CCCO2)c(C)s1. The van der Waals surface area contributed by atoms with Crippen molar-refractivity contribution in [2.45, 2.75) is 45.8 Å². The van der Waals surface area contributed by atoms with Gasteiger partial charge in [0.25, 0.3) is 0 Å². The zero-order valence-electron chi connectivity index (χ0n) is 10.4. The third kappa shape index (κ3) is 2.84. The summed E-state index contributed by atoms with van der Waals surface area (Å²) in [4.78, 5) is 2.84. The third-order valence-corrected chi connectivity index (χ3v) is 4.20. The van der Waals surface area contributed by atoms with Crippen LogP contribution >= 0.6 is 11.3 Å². The zero-order chi connectivity index (χ0) is 11.5. The van der Waals surface area contributed by atoms with Crippen LogP contribution < -0.4 is 5.32 Å². The molecule has 1 aromatic heterocycles. The van der Waals surface area contributed by atoms with E-state index in [0.29, 0.717) is 12.1 Å². The van der Waals surface area contributed by atoms with Crippen molar-refractivity contribution in [3.8, 4) is 0 Å². The molecular formula is C13H21NOS. The van der Waals surface area contributed by atoms with Crippen molar-refractivity contribution < 1.29 is 4.74 Å². The van der Waals surface area contributed by atoms with Crippen LogP contribution in [0, 0.1) is 13.8 Å². The molecule has 1 aliphatic rings. The van der Waals surface area contributed by atoms with Gasteiger partial charge in [0.15, 0.2) is 0 Å². The molecule has 0 aromatic carbocycles. The van der Waals surface area contributed by atoms with Gasteiger partial charge in [-0.1, -0.05) is 0 Å². The summed E-state index contributed by atoms with van der Waals surface area (Å²) in [7, 11) is 0. The quantitative estimate of drug-likeness (QED) is 0.871. The van der Waals surface area contributed by atoms with E-state index in [1.807, 2.05) is 11.3 Å². The first-order valence-electron chi connectivity index (χ1n) is 6.08. The maximum atomic E-state index is 5.61. The summed E-state index contributed by atoms with van der Waals surface area (Å²) in [6.45, 7) is 8.54. The first-order chi connectivity index (χ1) is 7.66. The molecule has 2 atom stereocenters. The van der Waals surface area contributed by atoms with Crippen LogP contribution in [-0.4, -0.2) is 19.3 Å². The summed E-state index contributed by atoms with van der Waals surface area (Å²) < 4.78 is 5.61. The maximum Gasteiger partial charge on any atom is 0.0700 e. The number of hydrogen-bond donors (Lipinski definition) is 1. The molecule has 1 saturated heterocycles. The molecule has 90 valence electrons. The van der Waals surface area contributed by atoms with E-state index < -0.39 is 0 Å². The topological polar surface area (TPSA) is 21.3 Å². The van der Waals surface area contributed by atoms with Crippen LogP contribution in [0.2, 0.25) is 0 Å². The standard InChI is InChI=1S/C13H21NOS/c1-9-7-13(11(3)16-9)10(2)14-8-12-5-4-6-15-12/h7,10,12,14H,4-6,8H2,1-3H3. The Balaban J connectivity index is 1.87.